The number of benzene rings is 1. The Bertz CT molecular complexity index is 410. The Hall–Kier alpha value is -1.66. The van der Waals surface area contributed by atoms with Gasteiger partial charge in [-0.1, -0.05) is 6.92 Å². The number of nitrogens with one attached hydrogen (secondary N) is 1. The molecule has 1 rings (SSSR count). The second-order valence-electron chi connectivity index (χ2n) is 4.06. The summed E-state index contributed by atoms with van der Waals surface area (Å²) in [4.78, 5) is 10.3. The summed E-state index contributed by atoms with van der Waals surface area (Å²) in [5, 5.41) is 13.9. The van der Waals surface area contributed by atoms with E-state index in [1.54, 1.807) is 6.07 Å². The molecule has 6 nitrogen and oxygen atoms in total. The van der Waals surface area contributed by atoms with Crippen LogP contribution in [0.25, 0.3) is 0 Å². The van der Waals surface area contributed by atoms with Gasteiger partial charge in [-0.15, -0.1) is 0 Å². The maximum absolute atomic E-state index is 10.7. The number of nitro groups is 1. The van der Waals surface area contributed by atoms with Gasteiger partial charge in [-0.2, -0.15) is 0 Å². The second kappa shape index (κ2) is 8.44. The molecule has 0 bridgehead atoms. The topological polar surface area (TPSA) is 73.6 Å². The number of hydrogen-bond acceptors (Lipinski definition) is 5. The van der Waals surface area contributed by atoms with Gasteiger partial charge in [-0.25, -0.2) is 0 Å². The van der Waals surface area contributed by atoms with Crippen LogP contribution < -0.4 is 10.1 Å². The number of rotatable bonds is 9. The van der Waals surface area contributed by atoms with Crippen molar-refractivity contribution in [2.45, 2.75) is 20.0 Å². The lowest BCUT2D eigenvalue weighted by molar-refractivity contribution is -0.385. The molecule has 0 heterocycles. The van der Waals surface area contributed by atoms with Gasteiger partial charge < -0.3 is 14.8 Å². The van der Waals surface area contributed by atoms with Crippen molar-refractivity contribution >= 4 is 5.69 Å². The van der Waals surface area contributed by atoms with E-state index in [1.807, 2.05) is 0 Å². The van der Waals surface area contributed by atoms with E-state index in [9.17, 15) is 10.1 Å². The molecule has 0 atom stereocenters. The van der Waals surface area contributed by atoms with Gasteiger partial charge in [0.05, 0.1) is 25.2 Å². The first-order valence-electron chi connectivity index (χ1n) is 6.28. The molecule has 0 aliphatic carbocycles. The average Bonchev–Trinajstić information content (AvgIpc) is 2.42. The molecule has 0 unspecified atom stereocenters. The summed E-state index contributed by atoms with van der Waals surface area (Å²) >= 11 is 0. The summed E-state index contributed by atoms with van der Waals surface area (Å²) in [6, 6.07) is 4.50. The summed E-state index contributed by atoms with van der Waals surface area (Å²) in [6.45, 7) is 4.70. The molecule has 0 saturated heterocycles. The van der Waals surface area contributed by atoms with Crippen LogP contribution >= 0.6 is 0 Å². The molecule has 0 saturated carbocycles. The van der Waals surface area contributed by atoms with E-state index in [-0.39, 0.29) is 5.69 Å². The zero-order valence-electron chi connectivity index (χ0n) is 11.3. The highest BCUT2D eigenvalue weighted by Gasteiger charge is 2.11. The average molecular weight is 268 g/mol. The third-order valence-corrected chi connectivity index (χ3v) is 2.58. The molecule has 6 heteroatoms. The van der Waals surface area contributed by atoms with Crippen LogP contribution in [-0.2, 0) is 11.3 Å². The Balaban J connectivity index is 2.50. The number of methoxy groups -OCH3 is 1. The van der Waals surface area contributed by atoms with E-state index < -0.39 is 4.92 Å². The number of nitro benzene ring substituents is 1. The molecule has 0 radical (unpaired) electrons. The van der Waals surface area contributed by atoms with E-state index in [1.165, 1.54) is 19.2 Å². The molecule has 1 aromatic rings. The van der Waals surface area contributed by atoms with Crippen LogP contribution in [0.2, 0.25) is 0 Å². The van der Waals surface area contributed by atoms with Crippen LogP contribution in [0.5, 0.6) is 5.75 Å². The van der Waals surface area contributed by atoms with Gasteiger partial charge in [-0.05, 0) is 19.0 Å². The number of hydrogen-bond donors (Lipinski definition) is 1. The van der Waals surface area contributed by atoms with Crippen LogP contribution in [-0.4, -0.2) is 31.7 Å². The lowest BCUT2D eigenvalue weighted by atomic mass is 10.2. The van der Waals surface area contributed by atoms with Crippen LogP contribution in [0.3, 0.4) is 0 Å². The van der Waals surface area contributed by atoms with E-state index in [2.05, 4.69) is 12.2 Å². The molecule has 1 N–H and O–H groups in total. The van der Waals surface area contributed by atoms with E-state index >= 15 is 0 Å². The molecule has 19 heavy (non-hydrogen) atoms. The van der Waals surface area contributed by atoms with Gasteiger partial charge in [0.25, 0.3) is 5.69 Å². The Morgan fingerprint density at radius 1 is 1.37 bits per heavy atom. The van der Waals surface area contributed by atoms with Crippen molar-refractivity contribution < 1.29 is 14.4 Å². The summed E-state index contributed by atoms with van der Waals surface area (Å²) < 4.78 is 10.6. The molecule has 0 aromatic heterocycles. The first-order chi connectivity index (χ1) is 9.19. The summed E-state index contributed by atoms with van der Waals surface area (Å²) in [5.41, 5.74) is 0.732. The Kier molecular flexibility index (Phi) is 6.84. The third-order valence-electron chi connectivity index (χ3n) is 2.58. The fourth-order valence-electron chi connectivity index (χ4n) is 1.62. The van der Waals surface area contributed by atoms with Crippen molar-refractivity contribution in [2.24, 2.45) is 0 Å². The third kappa shape index (κ3) is 5.23. The van der Waals surface area contributed by atoms with Crippen molar-refractivity contribution in [2.75, 3.05) is 26.8 Å². The summed E-state index contributed by atoms with van der Waals surface area (Å²) in [6.07, 6.45) is 1.08. The minimum Gasteiger partial charge on any atom is -0.496 e. The lowest BCUT2D eigenvalue weighted by Crippen LogP contribution is -2.20. The fourth-order valence-corrected chi connectivity index (χ4v) is 1.62. The maximum atomic E-state index is 10.7. The first kappa shape index (κ1) is 15.4. The molecule has 0 aliphatic heterocycles. The van der Waals surface area contributed by atoms with Gasteiger partial charge in [0.2, 0.25) is 0 Å². The summed E-state index contributed by atoms with van der Waals surface area (Å²) in [5.74, 6) is 0.604. The van der Waals surface area contributed by atoms with Crippen molar-refractivity contribution in [3.8, 4) is 5.75 Å². The molecule has 106 valence electrons. The van der Waals surface area contributed by atoms with Crippen molar-refractivity contribution in [1.29, 1.82) is 0 Å². The van der Waals surface area contributed by atoms with Gasteiger partial charge in [-0.3, -0.25) is 10.1 Å². The zero-order chi connectivity index (χ0) is 14.1. The van der Waals surface area contributed by atoms with E-state index in [0.717, 1.165) is 19.5 Å². The molecule has 1 aromatic carbocycles. The molecular formula is C13H20N2O4. The Morgan fingerprint density at radius 3 is 2.79 bits per heavy atom. The second-order valence-corrected chi connectivity index (χ2v) is 4.06. The van der Waals surface area contributed by atoms with Crippen LogP contribution in [0.15, 0.2) is 18.2 Å². The largest absolute Gasteiger partial charge is 0.496 e. The first-order valence-corrected chi connectivity index (χ1v) is 6.28. The van der Waals surface area contributed by atoms with Crippen LogP contribution in [0.1, 0.15) is 18.9 Å². The van der Waals surface area contributed by atoms with Crippen molar-refractivity contribution in [3.63, 3.8) is 0 Å². The highest BCUT2D eigenvalue weighted by atomic mass is 16.6. The number of non-ortho nitro benzene ring substituents is 1. The summed E-state index contributed by atoms with van der Waals surface area (Å²) in [7, 11) is 1.54. The van der Waals surface area contributed by atoms with Gasteiger partial charge in [0.15, 0.2) is 0 Å². The van der Waals surface area contributed by atoms with Crippen molar-refractivity contribution in [1.82, 2.24) is 5.32 Å². The molecule has 0 fully saturated rings. The smallest absolute Gasteiger partial charge is 0.270 e. The van der Waals surface area contributed by atoms with Gasteiger partial charge in [0.1, 0.15) is 5.75 Å². The molecule has 0 aliphatic rings. The Labute approximate surface area is 112 Å². The predicted molar refractivity (Wildman–Crippen MR) is 72.5 cm³/mol. The minimum absolute atomic E-state index is 0.0449. The quantitative estimate of drug-likeness (QED) is 0.422. The van der Waals surface area contributed by atoms with Crippen LogP contribution in [0.4, 0.5) is 5.69 Å². The van der Waals surface area contributed by atoms with E-state index in [0.29, 0.717) is 24.5 Å². The standard InChI is InChI=1S/C13H20N2O4/c1-3-6-14-7-8-19-10-11-9-12(15(16)17)4-5-13(11)18-2/h4-5,9,14H,3,6-8,10H2,1-2H3. The molecule has 0 amide bonds. The van der Waals surface area contributed by atoms with Crippen molar-refractivity contribution in [3.05, 3.63) is 33.9 Å². The molecule has 0 spiro atoms. The maximum Gasteiger partial charge on any atom is 0.270 e. The lowest BCUT2D eigenvalue weighted by Gasteiger charge is -2.09. The minimum atomic E-state index is -0.425. The van der Waals surface area contributed by atoms with E-state index in [4.69, 9.17) is 9.47 Å². The monoisotopic (exact) mass is 268 g/mol. The number of nitrogens with zero attached hydrogens (tertiary/aromatic N) is 1. The number of ether oxygens (including phenoxy) is 2. The zero-order valence-corrected chi connectivity index (χ0v) is 11.3. The SMILES string of the molecule is CCCNCCOCc1cc([N+](=O)[O-])ccc1OC. The molecular weight excluding hydrogens is 248 g/mol. The Morgan fingerprint density at radius 2 is 2.16 bits per heavy atom. The fraction of sp³-hybridized carbons (Fsp3) is 0.538. The highest BCUT2D eigenvalue weighted by molar-refractivity contribution is 5.43. The normalized spacial score (nSPS) is 10.4. The predicted octanol–water partition coefficient (Wildman–Crippen LogP) is 2.12. The highest BCUT2D eigenvalue weighted by Crippen LogP contribution is 2.24. The van der Waals surface area contributed by atoms with Gasteiger partial charge in [0, 0.05) is 24.2 Å². The van der Waals surface area contributed by atoms with Gasteiger partial charge >= 0.3 is 0 Å². The van der Waals surface area contributed by atoms with Crippen LogP contribution in [0, 0.1) is 10.1 Å².